The first kappa shape index (κ1) is 84.9. The molecule has 32 heteroatoms. The number of ether oxygens (including phenoxy) is 13. The van der Waals surface area contributed by atoms with E-state index in [-0.39, 0.29) is 140 Å². The van der Waals surface area contributed by atoms with Gasteiger partial charge in [0.1, 0.15) is 29.6 Å². The summed E-state index contributed by atoms with van der Waals surface area (Å²) in [5, 5.41) is 23.1. The van der Waals surface area contributed by atoms with Crippen LogP contribution in [0.3, 0.4) is 0 Å². The first-order valence-electron chi connectivity index (χ1n) is 36.3. The molecule has 0 saturated carbocycles. The number of unbranched alkanes of at least 4 members (excludes halogenated alkanes) is 1. The number of pyridine rings is 2. The number of nitrogens with one attached hydrogen (secondary N) is 4. The normalized spacial score (nSPS) is 16.0. The molecule has 4 aliphatic heterocycles. The number of hydrogen-bond acceptors (Lipinski definition) is 26. The highest BCUT2D eigenvalue weighted by molar-refractivity contribution is 6.15. The Labute approximate surface area is 616 Å². The van der Waals surface area contributed by atoms with Crippen LogP contribution in [0, 0.1) is 11.8 Å². The van der Waals surface area contributed by atoms with Gasteiger partial charge in [0.05, 0.1) is 134 Å². The summed E-state index contributed by atoms with van der Waals surface area (Å²) in [6.45, 7) is 20.1. The van der Waals surface area contributed by atoms with Crippen molar-refractivity contribution in [1.29, 1.82) is 0 Å². The van der Waals surface area contributed by atoms with E-state index < -0.39 is 93.7 Å². The van der Waals surface area contributed by atoms with E-state index in [1.165, 1.54) is 4.57 Å². The molecule has 0 saturated heterocycles. The number of nitrogens with zero attached hydrogens (tertiary/aromatic N) is 3. The lowest BCUT2D eigenvalue weighted by molar-refractivity contribution is -0.172. The Balaban J connectivity index is 0.734. The predicted octanol–water partition coefficient (Wildman–Crippen LogP) is 4.88. The standard InChI is InChI=1S/C74H105N7O25/c1-10-74(93)54-40-57-66-52(44-80(57)68(89)53(54)45-102-69(74)90)51(50-39-61-62(104-46-103-61)41-56(50)78-66)42-76-63(85)17-16-59(83)55(14-11-12-21-75-70(91)105-72(4,5)6)79-67(88)49(47(2)3)38-48(82)20-23-95-25-27-97-29-31-99-33-35-101-37-36-100-34-32-98-30-28-96-26-24-94-22-13-15-60(84)58(81-64(86)18-19-65(81)87)43-77-71(92)106-73(7,8)9/h18-19,39-41,47,49,55,58,93H,10-17,20-38,42-46H2,1-9H3,(H,75,91)(H,76,85)(H,77,92)(H,79,88)/t49-,55-,58-,74-/m0/s1. The Hall–Kier alpha value is -8.34. The number of cyclic esters (lactones) is 1. The second kappa shape index (κ2) is 41.7. The van der Waals surface area contributed by atoms with Gasteiger partial charge in [0.15, 0.2) is 28.7 Å². The van der Waals surface area contributed by atoms with Crippen LogP contribution in [-0.2, 0) is 116 Å². The van der Waals surface area contributed by atoms with E-state index in [4.69, 9.17) is 66.6 Å². The number of Topliss-reactive ketones (excluding diaryl/α,β-unsaturated/α-hetero) is 3. The van der Waals surface area contributed by atoms with Gasteiger partial charge in [-0.25, -0.2) is 19.4 Å². The number of amides is 6. The number of hydrogen-bond donors (Lipinski definition) is 5. The zero-order valence-corrected chi connectivity index (χ0v) is 62.4. The summed E-state index contributed by atoms with van der Waals surface area (Å²) in [6, 6.07) is 2.85. The zero-order chi connectivity index (χ0) is 77.0. The van der Waals surface area contributed by atoms with Crippen LogP contribution >= 0.6 is 0 Å². The quantitative estimate of drug-likeness (QED) is 0.0170. The molecule has 7 rings (SSSR count). The number of aromatic nitrogens is 2. The van der Waals surface area contributed by atoms with E-state index in [0.717, 1.165) is 17.1 Å². The number of imide groups is 1. The molecule has 3 aromatic rings. The highest BCUT2D eigenvalue weighted by Gasteiger charge is 2.46. The van der Waals surface area contributed by atoms with E-state index in [9.17, 15) is 57.8 Å². The number of alkyl carbamates (subject to hydrolysis) is 2. The molecule has 0 bridgehead atoms. The van der Waals surface area contributed by atoms with E-state index >= 15 is 0 Å². The van der Waals surface area contributed by atoms with Crippen molar-refractivity contribution in [1.82, 2.24) is 35.7 Å². The smallest absolute Gasteiger partial charge is 0.407 e. The van der Waals surface area contributed by atoms with Gasteiger partial charge in [0, 0.05) is 99.0 Å². The van der Waals surface area contributed by atoms with Crippen LogP contribution in [0.15, 0.2) is 35.1 Å². The molecule has 4 atom stereocenters. The minimum Gasteiger partial charge on any atom is -0.458 e. The lowest BCUT2D eigenvalue weighted by atomic mass is 9.86. The summed E-state index contributed by atoms with van der Waals surface area (Å²) in [4.78, 5) is 150. The average Bonchev–Trinajstić information content (AvgIpc) is 1.53. The zero-order valence-electron chi connectivity index (χ0n) is 62.4. The van der Waals surface area contributed by atoms with Gasteiger partial charge in [-0.2, -0.15) is 0 Å². The maximum Gasteiger partial charge on any atom is 0.407 e. The molecule has 106 heavy (non-hydrogen) atoms. The molecule has 2 aromatic heterocycles. The molecule has 0 aliphatic carbocycles. The van der Waals surface area contributed by atoms with Gasteiger partial charge in [0.2, 0.25) is 18.6 Å². The van der Waals surface area contributed by atoms with Crippen molar-refractivity contribution in [3.63, 3.8) is 0 Å². The molecular weight excluding hydrogens is 1390 g/mol. The SMILES string of the molecule is CC[C@@]1(O)C(=O)OCc2c1cc1n(c2=O)Cc2c-1nc1cc3c(cc1c2CNC(=O)CCC(=O)[C@H](CCCCNC(=O)OC(C)(C)C)NC(=O)[C@@H](CC(=O)CCOCCOCCOCCOCCOCCOCCOCCOCCCC(=O)[C@H](CNC(=O)OC(C)(C)C)N1C(=O)C=CC1=O)C(C)C)OCO3. The number of aliphatic hydroxyl groups is 1. The molecule has 4 aliphatic rings. The number of carbonyl (C=O) groups is 10. The molecule has 5 N–H and O–H groups in total. The topological polar surface area (TPSA) is 397 Å². The Bertz CT molecular complexity index is 3620. The maximum atomic E-state index is 14.2. The summed E-state index contributed by atoms with van der Waals surface area (Å²) in [7, 11) is 0. The van der Waals surface area contributed by atoms with Gasteiger partial charge in [-0.3, -0.25) is 43.3 Å². The fraction of sp³-hybridized carbons (Fsp3) is 0.649. The largest absolute Gasteiger partial charge is 0.458 e. The summed E-state index contributed by atoms with van der Waals surface area (Å²) in [5.74, 6) is -4.27. The lowest BCUT2D eigenvalue weighted by Crippen LogP contribution is -2.51. The van der Waals surface area contributed by atoms with Gasteiger partial charge in [-0.05, 0) is 97.3 Å². The van der Waals surface area contributed by atoms with Gasteiger partial charge in [-0.1, -0.05) is 20.8 Å². The second-order valence-electron chi connectivity index (χ2n) is 28.1. The molecule has 0 spiro atoms. The Morgan fingerprint density at radius 3 is 1.73 bits per heavy atom. The van der Waals surface area contributed by atoms with Crippen LogP contribution in [0.25, 0.3) is 22.3 Å². The summed E-state index contributed by atoms with van der Waals surface area (Å²) >= 11 is 0. The summed E-state index contributed by atoms with van der Waals surface area (Å²) in [6.07, 6.45) is 1.57. The highest BCUT2D eigenvalue weighted by Crippen LogP contribution is 2.43. The molecule has 6 amide bonds. The van der Waals surface area contributed by atoms with E-state index in [1.54, 1.807) is 66.7 Å². The molecule has 32 nitrogen and oxygen atoms in total. The third kappa shape index (κ3) is 26.0. The van der Waals surface area contributed by atoms with Gasteiger partial charge < -0.3 is 92.5 Å². The molecule has 0 fully saturated rings. The summed E-state index contributed by atoms with van der Waals surface area (Å²) < 4.78 is 73.2. The van der Waals surface area contributed by atoms with Crippen LogP contribution in [0.4, 0.5) is 9.59 Å². The third-order valence-electron chi connectivity index (χ3n) is 17.4. The molecule has 1 aromatic carbocycles. The van der Waals surface area contributed by atoms with Crippen molar-refractivity contribution in [2.45, 2.75) is 175 Å². The molecule has 6 heterocycles. The van der Waals surface area contributed by atoms with Crippen LogP contribution < -0.4 is 36.3 Å². The number of esters is 1. The molecule has 0 radical (unpaired) electrons. The number of rotatable bonds is 49. The maximum absolute atomic E-state index is 14.2. The van der Waals surface area contributed by atoms with Gasteiger partial charge in [0.25, 0.3) is 17.4 Å². The van der Waals surface area contributed by atoms with E-state index in [1.807, 2.05) is 13.8 Å². The second-order valence-corrected chi connectivity index (χ2v) is 28.1. The first-order chi connectivity index (χ1) is 50.6. The molecular formula is C74H105N7O25. The molecule has 0 unspecified atom stereocenters. The third-order valence-corrected chi connectivity index (χ3v) is 17.4. The van der Waals surface area contributed by atoms with Gasteiger partial charge >= 0.3 is 18.2 Å². The summed E-state index contributed by atoms with van der Waals surface area (Å²) in [5.41, 5.74) is -1.19. The molecule has 586 valence electrons. The van der Waals surface area contributed by atoms with E-state index in [2.05, 4.69) is 21.3 Å². The minimum absolute atomic E-state index is 0.0142. The van der Waals surface area contributed by atoms with Crippen molar-refractivity contribution < 1.29 is 115 Å². The van der Waals surface area contributed by atoms with Crippen LogP contribution in [0.1, 0.15) is 149 Å². The predicted molar refractivity (Wildman–Crippen MR) is 379 cm³/mol. The lowest BCUT2D eigenvalue weighted by Gasteiger charge is -2.31. The van der Waals surface area contributed by atoms with Crippen LogP contribution in [0.2, 0.25) is 0 Å². The van der Waals surface area contributed by atoms with Crippen molar-refractivity contribution >= 4 is 70.0 Å². The Kier molecular flexibility index (Phi) is 33.4. The van der Waals surface area contributed by atoms with E-state index in [0.29, 0.717) is 137 Å². The fourth-order valence-electron chi connectivity index (χ4n) is 11.9. The minimum atomic E-state index is -2.04. The van der Waals surface area contributed by atoms with Crippen molar-refractivity contribution in [3.8, 4) is 22.9 Å². The van der Waals surface area contributed by atoms with Gasteiger partial charge in [-0.15, -0.1) is 0 Å². The van der Waals surface area contributed by atoms with Crippen LogP contribution in [0.5, 0.6) is 11.5 Å². The fourth-order valence-corrected chi connectivity index (χ4v) is 11.9. The number of carbonyl (C=O) groups excluding carboxylic acids is 10. The van der Waals surface area contributed by atoms with Crippen molar-refractivity contribution in [2.24, 2.45) is 11.8 Å². The average molecular weight is 1490 g/mol. The van der Waals surface area contributed by atoms with Crippen molar-refractivity contribution in [2.75, 3.05) is 126 Å². The monoisotopic (exact) mass is 1490 g/mol. The number of fused-ring (bicyclic) bond motifs is 6. The van der Waals surface area contributed by atoms with Crippen LogP contribution in [-0.4, -0.2) is 228 Å². The van der Waals surface area contributed by atoms with Crippen molar-refractivity contribution in [3.05, 3.63) is 63.0 Å². The number of ketones is 3. The highest BCUT2D eigenvalue weighted by atomic mass is 16.7. The first-order valence-corrected chi connectivity index (χ1v) is 36.3. The Morgan fingerprint density at radius 1 is 0.623 bits per heavy atom. The number of benzene rings is 1. The Morgan fingerprint density at radius 2 is 1.17 bits per heavy atom.